The maximum atomic E-state index is 12.8. The number of carboxylic acids is 1. The lowest BCUT2D eigenvalue weighted by Gasteiger charge is -2.35. The van der Waals surface area contributed by atoms with Gasteiger partial charge in [0, 0.05) is 42.9 Å². The number of fused-ring (bicyclic) bond motifs is 1. The van der Waals surface area contributed by atoms with Crippen molar-refractivity contribution < 1.29 is 32.7 Å². The van der Waals surface area contributed by atoms with Gasteiger partial charge in [-0.15, -0.1) is 11.3 Å². The number of carbonyl (C=O) groups excluding carboxylic acids is 2. The topological polar surface area (TPSA) is 81.2 Å². The summed E-state index contributed by atoms with van der Waals surface area (Å²) >= 11 is 1.59. The average Bonchev–Trinajstić information content (AvgIpc) is 3.36. The molecule has 0 spiro atoms. The Morgan fingerprint density at radius 3 is 2.16 bits per heavy atom. The molecular formula is C20H26F3N3O4S. The number of amides is 2. The number of nitrogens with zero attached hydrogens (tertiary/aromatic N) is 3. The van der Waals surface area contributed by atoms with Crippen molar-refractivity contribution in [2.45, 2.75) is 44.3 Å². The van der Waals surface area contributed by atoms with Crippen LogP contribution in [-0.2, 0) is 16.0 Å². The highest BCUT2D eigenvalue weighted by Gasteiger charge is 2.39. The van der Waals surface area contributed by atoms with E-state index in [1.54, 1.807) is 11.3 Å². The fourth-order valence-corrected chi connectivity index (χ4v) is 4.91. The van der Waals surface area contributed by atoms with Crippen LogP contribution in [0.3, 0.4) is 0 Å². The first-order chi connectivity index (χ1) is 14.5. The quantitative estimate of drug-likeness (QED) is 0.749. The van der Waals surface area contributed by atoms with Crippen molar-refractivity contribution in [3.8, 4) is 0 Å². The number of carbonyl (C=O) groups is 3. The van der Waals surface area contributed by atoms with Gasteiger partial charge in [0.05, 0.1) is 10.6 Å². The lowest BCUT2D eigenvalue weighted by molar-refractivity contribution is -0.192. The molecule has 1 aliphatic carbocycles. The molecule has 172 valence electrons. The minimum absolute atomic E-state index is 0.144. The molecule has 2 aliphatic heterocycles. The molecule has 1 aromatic rings. The Kier molecular flexibility index (Phi) is 6.95. The fraction of sp³-hybridized carbons (Fsp3) is 0.650. The minimum atomic E-state index is -5.08. The molecule has 1 saturated heterocycles. The molecule has 2 amide bonds. The van der Waals surface area contributed by atoms with E-state index < -0.39 is 12.1 Å². The summed E-state index contributed by atoms with van der Waals surface area (Å²) in [6, 6.07) is 2.54. The zero-order valence-electron chi connectivity index (χ0n) is 17.4. The molecular weight excluding hydrogens is 435 g/mol. The van der Waals surface area contributed by atoms with Crippen LogP contribution in [-0.4, -0.2) is 78.6 Å². The molecule has 2 fully saturated rings. The predicted octanol–water partition coefficient (Wildman–Crippen LogP) is 2.85. The number of halogens is 3. The normalized spacial score (nSPS) is 19.2. The lowest BCUT2D eigenvalue weighted by Crippen LogP contribution is -2.44. The first-order valence-corrected chi connectivity index (χ1v) is 11.0. The summed E-state index contributed by atoms with van der Waals surface area (Å²) in [5, 5.41) is 7.12. The van der Waals surface area contributed by atoms with E-state index in [0.717, 1.165) is 62.3 Å². The Morgan fingerprint density at radius 2 is 1.68 bits per heavy atom. The van der Waals surface area contributed by atoms with Crippen molar-refractivity contribution in [2.75, 3.05) is 38.6 Å². The zero-order chi connectivity index (χ0) is 22.9. The van der Waals surface area contributed by atoms with Crippen molar-refractivity contribution >= 4 is 34.8 Å². The van der Waals surface area contributed by atoms with E-state index in [2.05, 4.69) is 19.0 Å². The van der Waals surface area contributed by atoms with E-state index in [9.17, 15) is 22.8 Å². The maximum Gasteiger partial charge on any atom is 0.490 e. The van der Waals surface area contributed by atoms with Gasteiger partial charge < -0.3 is 19.8 Å². The number of carboxylic acid groups (broad SMARTS) is 1. The molecule has 1 N–H and O–H groups in total. The number of hydrogen-bond donors (Lipinski definition) is 1. The van der Waals surface area contributed by atoms with E-state index in [1.165, 1.54) is 4.88 Å². The van der Waals surface area contributed by atoms with Crippen LogP contribution in [0.25, 0.3) is 0 Å². The number of thiophene rings is 1. The lowest BCUT2D eigenvalue weighted by atomic mass is 10.0. The zero-order valence-corrected chi connectivity index (χ0v) is 18.3. The molecule has 7 nitrogen and oxygen atoms in total. The van der Waals surface area contributed by atoms with Crippen LogP contribution in [0.5, 0.6) is 0 Å². The molecule has 0 bridgehead atoms. The highest BCUT2D eigenvalue weighted by molar-refractivity contribution is 7.14. The summed E-state index contributed by atoms with van der Waals surface area (Å²) in [5.41, 5.74) is 1.00. The van der Waals surface area contributed by atoms with Crippen molar-refractivity contribution in [2.24, 2.45) is 5.92 Å². The minimum Gasteiger partial charge on any atom is -0.475 e. The van der Waals surface area contributed by atoms with E-state index >= 15 is 0 Å². The molecule has 31 heavy (non-hydrogen) atoms. The molecule has 4 rings (SSSR count). The molecule has 1 aromatic heterocycles. The summed E-state index contributed by atoms with van der Waals surface area (Å²) in [5.74, 6) is -2.12. The third-order valence-electron chi connectivity index (χ3n) is 5.77. The summed E-state index contributed by atoms with van der Waals surface area (Å²) in [6.07, 6.45) is -0.0521. The van der Waals surface area contributed by atoms with Gasteiger partial charge in [-0.05, 0) is 45.8 Å². The Morgan fingerprint density at radius 1 is 1.10 bits per heavy atom. The molecule has 0 aromatic carbocycles. The second kappa shape index (κ2) is 9.15. The Bertz CT molecular complexity index is 843. The molecule has 3 heterocycles. The van der Waals surface area contributed by atoms with Gasteiger partial charge in [-0.3, -0.25) is 9.59 Å². The van der Waals surface area contributed by atoms with Crippen LogP contribution in [0.15, 0.2) is 6.07 Å². The van der Waals surface area contributed by atoms with Gasteiger partial charge in [-0.1, -0.05) is 0 Å². The van der Waals surface area contributed by atoms with Crippen LogP contribution < -0.4 is 4.90 Å². The molecule has 0 radical (unpaired) electrons. The van der Waals surface area contributed by atoms with Crippen LogP contribution >= 0.6 is 11.3 Å². The standard InChI is InChI=1S/C18H25N3O2S.C2HF3O2/c1-19(2)13-5-8-20(9-6-13)18(23)16-11-14-15(24-16)7-10-21(14)17(22)12-3-4-12;3-2(4,5)1(6)7/h11-13H,3-10H2,1-2H3;(H,6,7). The average molecular weight is 462 g/mol. The highest BCUT2D eigenvalue weighted by atomic mass is 32.1. The molecule has 0 unspecified atom stereocenters. The van der Waals surface area contributed by atoms with Gasteiger partial charge in [0.2, 0.25) is 5.91 Å². The summed E-state index contributed by atoms with van der Waals surface area (Å²) in [4.78, 5) is 42.3. The Balaban J connectivity index is 0.000000339. The van der Waals surface area contributed by atoms with Crippen molar-refractivity contribution in [3.63, 3.8) is 0 Å². The number of rotatable bonds is 3. The van der Waals surface area contributed by atoms with E-state index in [4.69, 9.17) is 9.90 Å². The second-order valence-electron chi connectivity index (χ2n) is 8.22. The molecule has 1 saturated carbocycles. The highest BCUT2D eigenvalue weighted by Crippen LogP contribution is 2.40. The van der Waals surface area contributed by atoms with Crippen LogP contribution in [0.2, 0.25) is 0 Å². The summed E-state index contributed by atoms with van der Waals surface area (Å²) in [7, 11) is 4.22. The van der Waals surface area contributed by atoms with Crippen LogP contribution in [0.4, 0.5) is 18.9 Å². The predicted molar refractivity (Wildman–Crippen MR) is 109 cm³/mol. The number of alkyl halides is 3. The van der Waals surface area contributed by atoms with Gasteiger partial charge in [0.15, 0.2) is 0 Å². The van der Waals surface area contributed by atoms with Crippen molar-refractivity contribution in [1.82, 2.24) is 9.80 Å². The molecule has 3 aliphatic rings. The van der Waals surface area contributed by atoms with Crippen LogP contribution in [0.1, 0.15) is 40.2 Å². The fourth-order valence-electron chi connectivity index (χ4n) is 3.79. The van der Waals surface area contributed by atoms with Crippen molar-refractivity contribution in [3.05, 3.63) is 15.8 Å². The van der Waals surface area contributed by atoms with Gasteiger partial charge in [-0.25, -0.2) is 4.79 Å². The first-order valence-electron chi connectivity index (χ1n) is 10.2. The first kappa shape index (κ1) is 23.5. The third-order valence-corrected chi connectivity index (χ3v) is 6.94. The molecule has 11 heteroatoms. The summed E-state index contributed by atoms with van der Waals surface area (Å²) in [6.45, 7) is 2.45. The van der Waals surface area contributed by atoms with E-state index in [0.29, 0.717) is 6.04 Å². The number of anilines is 1. The monoisotopic (exact) mass is 461 g/mol. The SMILES string of the molecule is CN(C)C1CCN(C(=O)c2cc3c(s2)CCN3C(=O)C2CC2)CC1.O=C(O)C(F)(F)F. The summed E-state index contributed by atoms with van der Waals surface area (Å²) < 4.78 is 31.7. The second-order valence-corrected chi connectivity index (χ2v) is 9.36. The number of likely N-dealkylation sites (tertiary alicyclic amines) is 1. The van der Waals surface area contributed by atoms with Gasteiger partial charge >= 0.3 is 12.1 Å². The Labute approximate surface area is 182 Å². The maximum absolute atomic E-state index is 12.8. The van der Waals surface area contributed by atoms with Gasteiger partial charge in [0.25, 0.3) is 5.91 Å². The number of aliphatic carboxylic acids is 1. The number of hydrogen-bond acceptors (Lipinski definition) is 5. The van der Waals surface area contributed by atoms with Gasteiger partial charge in [0.1, 0.15) is 0 Å². The number of piperidine rings is 1. The van der Waals surface area contributed by atoms with E-state index in [1.807, 2.05) is 15.9 Å². The van der Waals surface area contributed by atoms with Gasteiger partial charge in [-0.2, -0.15) is 13.2 Å². The van der Waals surface area contributed by atoms with E-state index in [-0.39, 0.29) is 17.7 Å². The van der Waals surface area contributed by atoms with Crippen LogP contribution in [0, 0.1) is 5.92 Å². The van der Waals surface area contributed by atoms with Crippen molar-refractivity contribution in [1.29, 1.82) is 0 Å². The Hall–Kier alpha value is -2.14. The molecule has 0 atom stereocenters. The largest absolute Gasteiger partial charge is 0.490 e. The smallest absolute Gasteiger partial charge is 0.475 e. The third kappa shape index (κ3) is 5.57.